The number of nitrogens with zero attached hydrogens (tertiary/aromatic N) is 3. The van der Waals surface area contributed by atoms with Crippen LogP contribution in [-0.4, -0.2) is 21.3 Å². The third-order valence-electron chi connectivity index (χ3n) is 7.40. The Morgan fingerprint density at radius 3 is 2.34 bits per heavy atom. The molecule has 1 amide bonds. The minimum absolute atomic E-state index is 0.174. The normalized spacial score (nSPS) is 11.4. The fourth-order valence-electron chi connectivity index (χ4n) is 5.30. The maximum absolute atomic E-state index is 12.7. The van der Waals surface area contributed by atoms with E-state index in [0.717, 1.165) is 34.8 Å². The van der Waals surface area contributed by atoms with E-state index in [9.17, 15) is 4.79 Å². The number of furan rings is 1. The zero-order valence-electron chi connectivity index (χ0n) is 24.5. The van der Waals surface area contributed by atoms with Gasteiger partial charge in [-0.1, -0.05) is 25.1 Å². The Balaban J connectivity index is 1.20. The Kier molecular flexibility index (Phi) is 7.97. The van der Waals surface area contributed by atoms with Crippen LogP contribution < -0.4 is 10.2 Å². The van der Waals surface area contributed by atoms with Gasteiger partial charge in [0.15, 0.2) is 5.76 Å². The summed E-state index contributed by atoms with van der Waals surface area (Å²) in [7, 11) is 0. The van der Waals surface area contributed by atoms with Crippen LogP contribution in [0.3, 0.4) is 0 Å². The fourth-order valence-corrected chi connectivity index (χ4v) is 5.30. The molecule has 210 valence electrons. The van der Waals surface area contributed by atoms with Gasteiger partial charge in [-0.15, -0.1) is 0 Å². The van der Waals surface area contributed by atoms with E-state index in [2.05, 4.69) is 97.6 Å². The van der Waals surface area contributed by atoms with Crippen molar-refractivity contribution in [2.75, 3.05) is 0 Å². The molecule has 0 unspecified atom stereocenters. The summed E-state index contributed by atoms with van der Waals surface area (Å²) in [4.78, 5) is 12.7. The zero-order valence-corrected chi connectivity index (χ0v) is 24.5. The molecule has 5 aromatic rings. The van der Waals surface area contributed by atoms with Crippen LogP contribution in [0.5, 0.6) is 5.75 Å². The predicted molar refractivity (Wildman–Crippen MR) is 163 cm³/mol. The fraction of sp³-hybridized carbons (Fsp3) is 0.235. The minimum atomic E-state index is -0.421. The van der Waals surface area contributed by atoms with Gasteiger partial charge < -0.3 is 18.3 Å². The lowest BCUT2D eigenvalue weighted by Gasteiger charge is -2.17. The molecule has 0 bridgehead atoms. The summed E-state index contributed by atoms with van der Waals surface area (Å²) in [5.74, 6) is 1.02. The third-order valence-corrected chi connectivity index (χ3v) is 7.40. The second-order valence-corrected chi connectivity index (χ2v) is 10.3. The van der Waals surface area contributed by atoms with E-state index in [-0.39, 0.29) is 12.4 Å². The quantitative estimate of drug-likeness (QED) is 0.155. The molecule has 0 fully saturated rings. The van der Waals surface area contributed by atoms with Crippen molar-refractivity contribution in [2.24, 2.45) is 5.10 Å². The van der Waals surface area contributed by atoms with E-state index in [0.29, 0.717) is 5.76 Å². The van der Waals surface area contributed by atoms with E-state index in [1.54, 1.807) is 18.3 Å². The maximum atomic E-state index is 12.7. The number of carbonyl (C=O) groups is 1. The van der Waals surface area contributed by atoms with Gasteiger partial charge >= 0.3 is 5.91 Å². The average molecular weight is 549 g/mol. The number of para-hydroxylation sites is 1. The lowest BCUT2D eigenvalue weighted by molar-refractivity contribution is 0.0923. The summed E-state index contributed by atoms with van der Waals surface area (Å²) in [5.41, 5.74) is 12.9. The van der Waals surface area contributed by atoms with Gasteiger partial charge in [-0.05, 0) is 107 Å². The largest absolute Gasteiger partial charge is 0.486 e. The highest BCUT2D eigenvalue weighted by atomic mass is 16.5. The molecule has 0 saturated heterocycles. The number of carbonyl (C=O) groups excluding carboxylic acids is 1. The van der Waals surface area contributed by atoms with Crippen molar-refractivity contribution in [3.05, 3.63) is 124 Å². The molecule has 0 saturated carbocycles. The lowest BCUT2D eigenvalue weighted by Crippen LogP contribution is -2.16. The number of benzene rings is 2. The molecule has 7 nitrogen and oxygen atoms in total. The molecule has 0 atom stereocenters. The predicted octanol–water partition coefficient (Wildman–Crippen LogP) is 7.31. The van der Waals surface area contributed by atoms with Crippen molar-refractivity contribution in [3.8, 4) is 17.1 Å². The molecular weight excluding hydrogens is 512 g/mol. The van der Waals surface area contributed by atoms with E-state index in [1.165, 1.54) is 28.2 Å². The second kappa shape index (κ2) is 11.8. The standard InChI is InChI=1S/C34H36N4O3/c1-7-27-10-8-9-22(2)33(27)38-25(5)19-28(26(38)6)20-35-36-34(39)32-18-17-31(41-32)21-40-30-15-13-29(14-16-30)37-23(3)11-12-24(37)4/h8-20H,7,21H2,1-6H3,(H,36,39)/b35-20+. The van der Waals surface area contributed by atoms with Crippen molar-refractivity contribution >= 4 is 12.1 Å². The number of aromatic nitrogens is 2. The number of ether oxygens (including phenoxy) is 1. The van der Waals surface area contributed by atoms with E-state index in [1.807, 2.05) is 24.3 Å². The summed E-state index contributed by atoms with van der Waals surface area (Å²) >= 11 is 0. The number of hydrazone groups is 1. The van der Waals surface area contributed by atoms with Crippen LogP contribution in [0.25, 0.3) is 11.4 Å². The number of aryl methyl sites for hydroxylation is 5. The summed E-state index contributed by atoms with van der Waals surface area (Å²) in [5, 5.41) is 4.21. The Bertz CT molecular complexity index is 1700. The monoisotopic (exact) mass is 548 g/mol. The molecular formula is C34H36N4O3. The number of rotatable bonds is 9. The van der Waals surface area contributed by atoms with E-state index in [4.69, 9.17) is 9.15 Å². The molecule has 0 aliphatic carbocycles. The Hall–Kier alpha value is -4.78. The van der Waals surface area contributed by atoms with E-state index >= 15 is 0 Å². The first-order valence-corrected chi connectivity index (χ1v) is 13.8. The van der Waals surface area contributed by atoms with Crippen molar-refractivity contribution in [3.63, 3.8) is 0 Å². The Labute approximate surface area is 241 Å². The van der Waals surface area contributed by atoms with Crippen LogP contribution in [0.15, 0.2) is 82.3 Å². The number of hydrogen-bond acceptors (Lipinski definition) is 4. The number of hydrogen-bond donors (Lipinski definition) is 1. The molecule has 0 spiro atoms. The van der Waals surface area contributed by atoms with Crippen LogP contribution in [0.1, 0.15) is 62.7 Å². The lowest BCUT2D eigenvalue weighted by atomic mass is 10.1. The zero-order chi connectivity index (χ0) is 29.1. The van der Waals surface area contributed by atoms with Crippen LogP contribution in [0, 0.1) is 34.6 Å². The average Bonchev–Trinajstić information content (AvgIpc) is 3.65. The molecule has 3 aromatic heterocycles. The van der Waals surface area contributed by atoms with Crippen LogP contribution >= 0.6 is 0 Å². The Morgan fingerprint density at radius 1 is 0.902 bits per heavy atom. The first-order chi connectivity index (χ1) is 19.8. The SMILES string of the molecule is CCc1cccc(C)c1-n1c(C)cc(/C=N/NC(=O)c2ccc(COc3ccc(-n4c(C)ccc4C)cc3)o2)c1C. The van der Waals surface area contributed by atoms with Gasteiger partial charge in [0.05, 0.1) is 11.9 Å². The maximum Gasteiger partial charge on any atom is 0.307 e. The van der Waals surface area contributed by atoms with Crippen LogP contribution in [-0.2, 0) is 13.0 Å². The molecule has 2 aromatic carbocycles. The van der Waals surface area contributed by atoms with Crippen molar-refractivity contribution in [1.82, 2.24) is 14.6 Å². The molecule has 0 aliphatic rings. The second-order valence-electron chi connectivity index (χ2n) is 10.3. The first kappa shape index (κ1) is 27.8. The van der Waals surface area contributed by atoms with Gasteiger partial charge in [0.2, 0.25) is 0 Å². The minimum Gasteiger partial charge on any atom is -0.486 e. The summed E-state index contributed by atoms with van der Waals surface area (Å²) in [6, 6.07) is 23.9. The van der Waals surface area contributed by atoms with E-state index < -0.39 is 5.91 Å². The van der Waals surface area contributed by atoms with Gasteiger partial charge in [-0.3, -0.25) is 4.79 Å². The van der Waals surface area contributed by atoms with Crippen molar-refractivity contribution in [1.29, 1.82) is 0 Å². The van der Waals surface area contributed by atoms with Gasteiger partial charge in [0.25, 0.3) is 0 Å². The molecule has 5 rings (SSSR count). The summed E-state index contributed by atoms with van der Waals surface area (Å²) in [6.45, 7) is 12.8. The highest BCUT2D eigenvalue weighted by Gasteiger charge is 2.15. The molecule has 7 heteroatoms. The molecule has 1 N–H and O–H groups in total. The van der Waals surface area contributed by atoms with Crippen LogP contribution in [0.4, 0.5) is 0 Å². The Morgan fingerprint density at radius 2 is 1.63 bits per heavy atom. The van der Waals surface area contributed by atoms with Crippen molar-refractivity contribution in [2.45, 2.75) is 54.6 Å². The molecule has 3 heterocycles. The summed E-state index contributed by atoms with van der Waals surface area (Å²) in [6.07, 6.45) is 2.62. The van der Waals surface area contributed by atoms with Crippen LogP contribution in [0.2, 0.25) is 0 Å². The number of amides is 1. The van der Waals surface area contributed by atoms with Gasteiger partial charge in [0.1, 0.15) is 18.1 Å². The molecule has 0 aliphatic heterocycles. The number of nitrogens with one attached hydrogen (secondary N) is 1. The van der Waals surface area contributed by atoms with Crippen molar-refractivity contribution < 1.29 is 13.9 Å². The highest BCUT2D eigenvalue weighted by molar-refractivity contribution is 5.92. The smallest absolute Gasteiger partial charge is 0.307 e. The summed E-state index contributed by atoms with van der Waals surface area (Å²) < 4.78 is 16.0. The first-order valence-electron chi connectivity index (χ1n) is 13.8. The highest BCUT2D eigenvalue weighted by Crippen LogP contribution is 2.26. The van der Waals surface area contributed by atoms with Gasteiger partial charge in [-0.2, -0.15) is 5.10 Å². The molecule has 0 radical (unpaired) electrons. The third kappa shape index (κ3) is 5.75. The van der Waals surface area contributed by atoms with Gasteiger partial charge in [-0.25, -0.2) is 5.43 Å². The molecule has 41 heavy (non-hydrogen) atoms. The van der Waals surface area contributed by atoms with Gasteiger partial charge in [0, 0.05) is 34.0 Å². The topological polar surface area (TPSA) is 73.7 Å².